The van der Waals surface area contributed by atoms with E-state index in [-0.39, 0.29) is 11.6 Å². The Bertz CT molecular complexity index is 550. The maximum Gasteiger partial charge on any atom is 0.185 e. The molecule has 3 heteroatoms. The Morgan fingerprint density at radius 1 is 1.18 bits per heavy atom. The van der Waals surface area contributed by atoms with Crippen molar-refractivity contribution in [3.63, 3.8) is 0 Å². The number of ketones is 1. The van der Waals surface area contributed by atoms with E-state index in [1.807, 2.05) is 13.0 Å². The van der Waals surface area contributed by atoms with Gasteiger partial charge in [0.1, 0.15) is 17.3 Å². The summed E-state index contributed by atoms with van der Waals surface area (Å²) in [6.45, 7) is 1.83. The van der Waals surface area contributed by atoms with E-state index in [2.05, 4.69) is 0 Å². The predicted molar refractivity (Wildman–Crippen MR) is 63.2 cm³/mol. The number of rotatable bonds is 3. The first-order valence-electron chi connectivity index (χ1n) is 5.19. The number of hydrogen-bond acceptors (Lipinski definition) is 2. The molecule has 0 saturated carbocycles. The molecule has 1 aromatic carbocycles. The van der Waals surface area contributed by atoms with Gasteiger partial charge in [-0.1, -0.05) is 0 Å². The van der Waals surface area contributed by atoms with Crippen LogP contribution in [0.5, 0.6) is 0 Å². The van der Waals surface area contributed by atoms with Crippen molar-refractivity contribution >= 4 is 11.9 Å². The smallest absolute Gasteiger partial charge is 0.185 e. The van der Waals surface area contributed by atoms with Crippen molar-refractivity contribution < 1.29 is 13.6 Å². The maximum atomic E-state index is 12.7. The molecule has 0 aliphatic heterocycles. The zero-order valence-corrected chi connectivity index (χ0v) is 9.31. The van der Waals surface area contributed by atoms with Crippen LogP contribution in [0.4, 0.5) is 4.39 Å². The van der Waals surface area contributed by atoms with E-state index in [0.717, 1.165) is 5.76 Å². The number of halogens is 1. The molecule has 0 atom stereocenters. The van der Waals surface area contributed by atoms with Crippen LogP contribution in [0.2, 0.25) is 0 Å². The van der Waals surface area contributed by atoms with Crippen LogP contribution >= 0.6 is 0 Å². The van der Waals surface area contributed by atoms with Crippen molar-refractivity contribution in [2.75, 3.05) is 0 Å². The zero-order valence-electron chi connectivity index (χ0n) is 9.31. The number of carbonyl (C=O) groups is 1. The third-order valence-electron chi connectivity index (χ3n) is 2.29. The predicted octanol–water partition coefficient (Wildman–Crippen LogP) is 3.62. The highest BCUT2D eigenvalue weighted by molar-refractivity contribution is 6.06. The van der Waals surface area contributed by atoms with Crippen LogP contribution in [0, 0.1) is 12.7 Å². The second-order valence-electron chi connectivity index (χ2n) is 3.65. The molecule has 0 fully saturated rings. The maximum absolute atomic E-state index is 12.7. The molecule has 1 aromatic heterocycles. The average Bonchev–Trinajstić information content (AvgIpc) is 2.73. The van der Waals surface area contributed by atoms with Gasteiger partial charge in [0, 0.05) is 5.56 Å². The fraction of sp³-hybridized carbons (Fsp3) is 0.0714. The molecule has 0 aliphatic rings. The normalized spacial score (nSPS) is 10.9. The number of benzene rings is 1. The minimum absolute atomic E-state index is 0.181. The van der Waals surface area contributed by atoms with E-state index >= 15 is 0 Å². The highest BCUT2D eigenvalue weighted by atomic mass is 19.1. The van der Waals surface area contributed by atoms with Crippen molar-refractivity contribution in [1.29, 1.82) is 0 Å². The van der Waals surface area contributed by atoms with E-state index in [1.165, 1.54) is 30.3 Å². The van der Waals surface area contributed by atoms with E-state index in [0.29, 0.717) is 11.3 Å². The highest BCUT2D eigenvalue weighted by Gasteiger charge is 2.02. The number of aryl methyl sites for hydroxylation is 1. The van der Waals surface area contributed by atoms with Gasteiger partial charge in [-0.25, -0.2) is 4.39 Å². The monoisotopic (exact) mass is 230 g/mol. The second-order valence-corrected chi connectivity index (χ2v) is 3.65. The third-order valence-corrected chi connectivity index (χ3v) is 2.29. The van der Waals surface area contributed by atoms with Gasteiger partial charge in [-0.3, -0.25) is 4.79 Å². The second kappa shape index (κ2) is 4.78. The molecule has 2 rings (SSSR count). The summed E-state index contributed by atoms with van der Waals surface area (Å²) in [6, 6.07) is 9.03. The third kappa shape index (κ3) is 2.91. The Kier molecular flexibility index (Phi) is 3.19. The first-order chi connectivity index (χ1) is 8.15. The van der Waals surface area contributed by atoms with Crippen molar-refractivity contribution in [1.82, 2.24) is 0 Å². The van der Waals surface area contributed by atoms with Crippen LogP contribution in [-0.4, -0.2) is 5.78 Å². The summed E-state index contributed by atoms with van der Waals surface area (Å²) in [5.74, 6) is 0.878. The van der Waals surface area contributed by atoms with Gasteiger partial charge in [-0.2, -0.15) is 0 Å². The number of allylic oxidation sites excluding steroid dienone is 1. The van der Waals surface area contributed by atoms with Crippen molar-refractivity contribution in [3.05, 3.63) is 65.4 Å². The highest BCUT2D eigenvalue weighted by Crippen LogP contribution is 2.10. The van der Waals surface area contributed by atoms with E-state index in [4.69, 9.17) is 4.42 Å². The van der Waals surface area contributed by atoms with E-state index in [9.17, 15) is 9.18 Å². The quantitative estimate of drug-likeness (QED) is 0.595. The number of hydrogen-bond donors (Lipinski definition) is 0. The van der Waals surface area contributed by atoms with Crippen LogP contribution in [0.3, 0.4) is 0 Å². The molecule has 0 spiro atoms. The Labute approximate surface area is 98.4 Å². The summed E-state index contributed by atoms with van der Waals surface area (Å²) < 4.78 is 17.9. The first-order valence-corrected chi connectivity index (χ1v) is 5.19. The van der Waals surface area contributed by atoms with E-state index in [1.54, 1.807) is 12.1 Å². The molecular weight excluding hydrogens is 219 g/mol. The van der Waals surface area contributed by atoms with Crippen LogP contribution in [0.1, 0.15) is 21.9 Å². The van der Waals surface area contributed by atoms with Crippen LogP contribution in [-0.2, 0) is 0 Å². The molecule has 0 aliphatic carbocycles. The molecule has 0 radical (unpaired) electrons. The van der Waals surface area contributed by atoms with Crippen LogP contribution in [0.15, 0.2) is 46.9 Å². The molecule has 0 unspecified atom stereocenters. The molecule has 86 valence electrons. The van der Waals surface area contributed by atoms with Gasteiger partial charge in [-0.05, 0) is 55.5 Å². The molecule has 0 amide bonds. The lowest BCUT2D eigenvalue weighted by atomic mass is 10.1. The molecule has 0 bridgehead atoms. The Hall–Kier alpha value is -2.16. The van der Waals surface area contributed by atoms with Crippen molar-refractivity contribution in [3.8, 4) is 0 Å². The Morgan fingerprint density at radius 2 is 1.88 bits per heavy atom. The van der Waals surface area contributed by atoms with E-state index < -0.39 is 0 Å². The Morgan fingerprint density at radius 3 is 2.47 bits per heavy atom. The standard InChI is InChI=1S/C14H11FO2/c1-10-2-7-13(17-10)8-9-14(16)11-3-5-12(15)6-4-11/h2-9H,1H3/b9-8+. The summed E-state index contributed by atoms with van der Waals surface area (Å²) in [5.41, 5.74) is 0.450. The fourth-order valence-electron chi connectivity index (χ4n) is 1.41. The molecule has 2 nitrogen and oxygen atoms in total. The minimum Gasteiger partial charge on any atom is -0.462 e. The lowest BCUT2D eigenvalue weighted by molar-refractivity contribution is 0.104. The average molecular weight is 230 g/mol. The first kappa shape index (κ1) is 11.3. The minimum atomic E-state index is -0.354. The summed E-state index contributed by atoms with van der Waals surface area (Å²) in [4.78, 5) is 11.7. The summed E-state index contributed by atoms with van der Waals surface area (Å²) in [7, 11) is 0. The molecule has 0 N–H and O–H groups in total. The largest absolute Gasteiger partial charge is 0.462 e. The van der Waals surface area contributed by atoms with Gasteiger partial charge in [0.25, 0.3) is 0 Å². The van der Waals surface area contributed by atoms with Gasteiger partial charge < -0.3 is 4.42 Å². The topological polar surface area (TPSA) is 30.2 Å². The van der Waals surface area contributed by atoms with Crippen LogP contribution < -0.4 is 0 Å². The van der Waals surface area contributed by atoms with Crippen LogP contribution in [0.25, 0.3) is 6.08 Å². The van der Waals surface area contributed by atoms with Gasteiger partial charge >= 0.3 is 0 Å². The molecule has 1 heterocycles. The van der Waals surface area contributed by atoms with Gasteiger partial charge in [0.2, 0.25) is 0 Å². The fourth-order valence-corrected chi connectivity index (χ4v) is 1.41. The van der Waals surface area contributed by atoms with Gasteiger partial charge in [0.15, 0.2) is 5.78 Å². The Balaban J connectivity index is 2.11. The SMILES string of the molecule is Cc1ccc(/C=C/C(=O)c2ccc(F)cc2)o1. The molecule has 17 heavy (non-hydrogen) atoms. The summed E-state index contributed by atoms with van der Waals surface area (Å²) in [6.07, 6.45) is 3.00. The molecule has 2 aromatic rings. The van der Waals surface area contributed by atoms with Gasteiger partial charge in [0.05, 0.1) is 0 Å². The zero-order chi connectivity index (χ0) is 12.3. The van der Waals surface area contributed by atoms with Crippen molar-refractivity contribution in [2.45, 2.75) is 6.92 Å². The lowest BCUT2D eigenvalue weighted by Crippen LogP contribution is -1.93. The lowest BCUT2D eigenvalue weighted by Gasteiger charge is -1.94. The van der Waals surface area contributed by atoms with Crippen molar-refractivity contribution in [2.24, 2.45) is 0 Å². The molecule has 0 saturated heterocycles. The molecular formula is C14H11FO2. The van der Waals surface area contributed by atoms with Gasteiger partial charge in [-0.15, -0.1) is 0 Å². The number of furan rings is 1. The summed E-state index contributed by atoms with van der Waals surface area (Å²) >= 11 is 0. The summed E-state index contributed by atoms with van der Waals surface area (Å²) in [5, 5.41) is 0. The number of carbonyl (C=O) groups excluding carboxylic acids is 1.